The molecule has 1 heteroatoms. The molecular formula is C14H23Cl. The van der Waals surface area contributed by atoms with E-state index in [1.54, 1.807) is 0 Å². The van der Waals surface area contributed by atoms with Crippen molar-refractivity contribution >= 4 is 11.6 Å². The van der Waals surface area contributed by atoms with Crippen molar-refractivity contribution in [2.75, 3.05) is 0 Å². The van der Waals surface area contributed by atoms with Gasteiger partial charge in [-0.25, -0.2) is 0 Å². The molecule has 1 unspecified atom stereocenters. The molecule has 0 saturated carbocycles. The van der Waals surface area contributed by atoms with E-state index in [1.165, 1.54) is 5.57 Å². The van der Waals surface area contributed by atoms with Gasteiger partial charge in [0.2, 0.25) is 0 Å². The molecule has 0 saturated heterocycles. The lowest BCUT2D eigenvalue weighted by Crippen LogP contribution is -1.91. The Balaban J connectivity index is 4.50. The maximum absolute atomic E-state index is 6.15. The number of hydrogen-bond donors (Lipinski definition) is 0. The molecule has 0 aromatic carbocycles. The first-order chi connectivity index (χ1) is 7.01. The normalized spacial score (nSPS) is 15.6. The highest BCUT2D eigenvalue weighted by Crippen LogP contribution is 2.19. The Bertz CT molecular complexity index is 246. The summed E-state index contributed by atoms with van der Waals surface area (Å²) in [4.78, 5) is 0. The monoisotopic (exact) mass is 226 g/mol. The van der Waals surface area contributed by atoms with Gasteiger partial charge in [0.25, 0.3) is 0 Å². The van der Waals surface area contributed by atoms with Crippen LogP contribution in [-0.2, 0) is 0 Å². The minimum Gasteiger partial charge on any atom is -0.0988 e. The summed E-state index contributed by atoms with van der Waals surface area (Å²) in [5.74, 6) is 1.11. The minimum atomic E-state index is 0.452. The van der Waals surface area contributed by atoms with Crippen molar-refractivity contribution in [1.82, 2.24) is 0 Å². The van der Waals surface area contributed by atoms with E-state index < -0.39 is 0 Å². The van der Waals surface area contributed by atoms with Crippen LogP contribution in [0.15, 0.2) is 35.4 Å². The first-order valence-electron chi connectivity index (χ1n) is 5.69. The van der Waals surface area contributed by atoms with Crippen LogP contribution in [0.25, 0.3) is 0 Å². The van der Waals surface area contributed by atoms with Gasteiger partial charge in [0.15, 0.2) is 0 Å². The van der Waals surface area contributed by atoms with Gasteiger partial charge in [-0.15, -0.1) is 0 Å². The zero-order valence-electron chi connectivity index (χ0n) is 10.4. The van der Waals surface area contributed by atoms with Crippen LogP contribution in [0, 0.1) is 11.8 Å². The summed E-state index contributed by atoms with van der Waals surface area (Å²) < 4.78 is 0. The Morgan fingerprint density at radius 2 is 1.87 bits per heavy atom. The number of hydrogen-bond acceptors (Lipinski definition) is 0. The lowest BCUT2D eigenvalue weighted by atomic mass is 10.0. The van der Waals surface area contributed by atoms with E-state index in [1.807, 2.05) is 12.2 Å². The minimum absolute atomic E-state index is 0.452. The fourth-order valence-corrected chi connectivity index (χ4v) is 1.45. The second kappa shape index (κ2) is 7.76. The molecule has 0 fully saturated rings. The molecule has 0 amide bonds. The van der Waals surface area contributed by atoms with Crippen LogP contribution in [0.5, 0.6) is 0 Å². The van der Waals surface area contributed by atoms with Crippen molar-refractivity contribution in [3.8, 4) is 0 Å². The first kappa shape index (κ1) is 14.5. The molecule has 0 radical (unpaired) electrons. The summed E-state index contributed by atoms with van der Waals surface area (Å²) in [5, 5.41) is 0.931. The Kier molecular flexibility index (Phi) is 7.50. The van der Waals surface area contributed by atoms with Gasteiger partial charge in [-0.3, -0.25) is 0 Å². The summed E-state index contributed by atoms with van der Waals surface area (Å²) >= 11 is 6.15. The van der Waals surface area contributed by atoms with Gasteiger partial charge in [0.05, 0.1) is 0 Å². The molecule has 0 aliphatic heterocycles. The Hall–Kier alpha value is -0.490. The molecule has 0 aliphatic carbocycles. The molecule has 0 aliphatic rings. The average Bonchev–Trinajstić information content (AvgIpc) is 2.21. The molecule has 0 aromatic rings. The van der Waals surface area contributed by atoms with Crippen LogP contribution >= 0.6 is 11.6 Å². The summed E-state index contributed by atoms with van der Waals surface area (Å²) in [5.41, 5.74) is 1.26. The Labute approximate surface area is 99.7 Å². The quantitative estimate of drug-likeness (QED) is 0.538. The molecule has 15 heavy (non-hydrogen) atoms. The summed E-state index contributed by atoms with van der Waals surface area (Å²) in [7, 11) is 0. The van der Waals surface area contributed by atoms with E-state index in [2.05, 4.69) is 40.3 Å². The fraction of sp³-hybridized carbons (Fsp3) is 0.571. The van der Waals surface area contributed by atoms with E-state index in [0.717, 1.165) is 17.9 Å². The largest absolute Gasteiger partial charge is 0.0988 e. The first-order valence-corrected chi connectivity index (χ1v) is 6.07. The van der Waals surface area contributed by atoms with Gasteiger partial charge in [-0.05, 0) is 36.3 Å². The number of halogens is 1. The van der Waals surface area contributed by atoms with Crippen LogP contribution in [0.2, 0.25) is 0 Å². The highest BCUT2D eigenvalue weighted by Gasteiger charge is 2.02. The summed E-state index contributed by atoms with van der Waals surface area (Å²) in [6.45, 7) is 12.5. The lowest BCUT2D eigenvalue weighted by molar-refractivity contribution is 0.650. The van der Waals surface area contributed by atoms with Crippen molar-refractivity contribution in [3.05, 3.63) is 35.4 Å². The van der Waals surface area contributed by atoms with E-state index >= 15 is 0 Å². The van der Waals surface area contributed by atoms with Crippen LogP contribution in [-0.4, -0.2) is 0 Å². The standard InChI is InChI=1S/C14H23Cl/c1-6-12(5)14(15)9-8-13(7-2)10-11(3)4/h7-9,11-12H,2,6,10H2,1,3-5H3/b13-8+,14-9+. The van der Waals surface area contributed by atoms with Crippen molar-refractivity contribution in [2.24, 2.45) is 11.8 Å². The third-order valence-corrected chi connectivity index (χ3v) is 2.94. The molecular weight excluding hydrogens is 204 g/mol. The zero-order valence-corrected chi connectivity index (χ0v) is 11.1. The molecule has 0 heterocycles. The van der Waals surface area contributed by atoms with E-state index in [-0.39, 0.29) is 0 Å². The Morgan fingerprint density at radius 1 is 1.27 bits per heavy atom. The van der Waals surface area contributed by atoms with Gasteiger partial charge in [-0.1, -0.05) is 58.0 Å². The maximum Gasteiger partial charge on any atom is 0.0209 e. The van der Waals surface area contributed by atoms with Gasteiger partial charge in [-0.2, -0.15) is 0 Å². The van der Waals surface area contributed by atoms with Crippen LogP contribution in [0.4, 0.5) is 0 Å². The van der Waals surface area contributed by atoms with Crippen LogP contribution in [0.1, 0.15) is 40.5 Å². The fourth-order valence-electron chi connectivity index (χ4n) is 1.24. The third-order valence-electron chi connectivity index (χ3n) is 2.45. The summed E-state index contributed by atoms with van der Waals surface area (Å²) in [6, 6.07) is 0. The second-order valence-corrected chi connectivity index (χ2v) is 4.84. The molecule has 1 atom stereocenters. The highest BCUT2D eigenvalue weighted by molar-refractivity contribution is 6.29. The van der Waals surface area contributed by atoms with E-state index in [0.29, 0.717) is 11.8 Å². The van der Waals surface area contributed by atoms with Gasteiger partial charge in [0.1, 0.15) is 0 Å². The van der Waals surface area contributed by atoms with E-state index in [4.69, 9.17) is 11.6 Å². The zero-order chi connectivity index (χ0) is 11.8. The Morgan fingerprint density at radius 3 is 2.27 bits per heavy atom. The molecule has 0 spiro atoms. The van der Waals surface area contributed by atoms with Crippen molar-refractivity contribution in [1.29, 1.82) is 0 Å². The predicted molar refractivity (Wildman–Crippen MR) is 71.1 cm³/mol. The van der Waals surface area contributed by atoms with Crippen molar-refractivity contribution < 1.29 is 0 Å². The maximum atomic E-state index is 6.15. The van der Waals surface area contributed by atoms with Crippen molar-refractivity contribution in [2.45, 2.75) is 40.5 Å². The molecule has 86 valence electrons. The van der Waals surface area contributed by atoms with Gasteiger partial charge < -0.3 is 0 Å². The lowest BCUT2D eigenvalue weighted by Gasteiger charge is -2.07. The third kappa shape index (κ3) is 6.57. The molecule has 0 nitrogen and oxygen atoms in total. The molecule has 0 bridgehead atoms. The van der Waals surface area contributed by atoms with E-state index in [9.17, 15) is 0 Å². The predicted octanol–water partition coefficient (Wildman–Crippen LogP) is 5.31. The second-order valence-electron chi connectivity index (χ2n) is 4.40. The van der Waals surface area contributed by atoms with Gasteiger partial charge in [0, 0.05) is 5.03 Å². The average molecular weight is 227 g/mol. The van der Waals surface area contributed by atoms with Crippen molar-refractivity contribution in [3.63, 3.8) is 0 Å². The SMILES string of the molecule is C=C/C(=C\C=C(\Cl)C(C)CC)CC(C)C. The molecule has 0 aromatic heterocycles. The number of rotatable bonds is 6. The molecule has 0 rings (SSSR count). The summed E-state index contributed by atoms with van der Waals surface area (Å²) in [6.07, 6.45) is 8.15. The van der Waals surface area contributed by atoms with Gasteiger partial charge >= 0.3 is 0 Å². The van der Waals surface area contributed by atoms with Crippen LogP contribution < -0.4 is 0 Å². The van der Waals surface area contributed by atoms with Crippen LogP contribution in [0.3, 0.4) is 0 Å². The molecule has 0 N–H and O–H groups in total. The highest BCUT2D eigenvalue weighted by atomic mass is 35.5. The number of allylic oxidation sites excluding steroid dienone is 5. The topological polar surface area (TPSA) is 0 Å². The smallest absolute Gasteiger partial charge is 0.0209 e.